The summed E-state index contributed by atoms with van der Waals surface area (Å²) in [6.45, 7) is 1.43. The molecule has 0 bridgehead atoms. The van der Waals surface area contributed by atoms with Crippen LogP contribution < -0.4 is 4.74 Å². The molecule has 2 saturated heterocycles. The summed E-state index contributed by atoms with van der Waals surface area (Å²) in [6, 6.07) is 17.8. The van der Waals surface area contributed by atoms with Crippen molar-refractivity contribution in [3.05, 3.63) is 66.2 Å². The van der Waals surface area contributed by atoms with Gasteiger partial charge in [0.2, 0.25) is 0 Å². The minimum Gasteiger partial charge on any atom is -0.455 e. The fraction of sp³-hybridized carbons (Fsp3) is 0.391. The lowest BCUT2D eigenvalue weighted by molar-refractivity contribution is -0.358. The Morgan fingerprint density at radius 1 is 0.906 bits per heavy atom. The second-order valence-corrected chi connectivity index (χ2v) is 7.28. The van der Waals surface area contributed by atoms with Gasteiger partial charge >= 0.3 is 12.1 Å². The van der Waals surface area contributed by atoms with Crippen molar-refractivity contribution < 1.29 is 42.7 Å². The lowest BCUT2D eigenvalue weighted by Crippen LogP contribution is -2.64. The number of ether oxygens (including phenoxy) is 7. The number of benzene rings is 2. The van der Waals surface area contributed by atoms with Crippen molar-refractivity contribution in [2.45, 2.75) is 43.9 Å². The largest absolute Gasteiger partial charge is 0.514 e. The maximum absolute atomic E-state index is 12.5. The first-order valence-corrected chi connectivity index (χ1v) is 10.2. The van der Waals surface area contributed by atoms with Crippen LogP contribution in [0.25, 0.3) is 0 Å². The van der Waals surface area contributed by atoms with Gasteiger partial charge in [-0.05, 0) is 12.1 Å². The van der Waals surface area contributed by atoms with Gasteiger partial charge < -0.3 is 33.2 Å². The SMILES string of the molecule is CO[C@H]1O[C@@H]2CO[C@@H](c3ccccc3)O[C@H]2[C@H](OC(C)=O)[C@H]1OC(=O)Oc1ccccc1. The molecule has 2 aromatic carbocycles. The number of fused-ring (bicyclic) bond motifs is 1. The average Bonchev–Trinajstić information content (AvgIpc) is 2.81. The van der Waals surface area contributed by atoms with Crippen molar-refractivity contribution >= 4 is 12.1 Å². The number of rotatable bonds is 5. The van der Waals surface area contributed by atoms with Gasteiger partial charge in [0.15, 0.2) is 24.8 Å². The zero-order valence-corrected chi connectivity index (χ0v) is 17.6. The van der Waals surface area contributed by atoms with Crippen LogP contribution in [0.5, 0.6) is 5.75 Å². The Morgan fingerprint density at radius 3 is 2.25 bits per heavy atom. The molecule has 2 aromatic rings. The number of carbonyl (C=O) groups excluding carboxylic acids is 2. The molecule has 9 heteroatoms. The number of hydrogen-bond donors (Lipinski definition) is 0. The van der Waals surface area contributed by atoms with Crippen molar-refractivity contribution in [3.8, 4) is 5.75 Å². The predicted octanol–water partition coefficient (Wildman–Crippen LogP) is 2.99. The maximum atomic E-state index is 12.5. The number of methoxy groups -OCH3 is 1. The zero-order chi connectivity index (χ0) is 22.5. The molecule has 0 aliphatic carbocycles. The van der Waals surface area contributed by atoms with Crippen molar-refractivity contribution in [2.24, 2.45) is 0 Å². The van der Waals surface area contributed by atoms with E-state index in [2.05, 4.69) is 0 Å². The molecule has 0 spiro atoms. The van der Waals surface area contributed by atoms with E-state index < -0.39 is 49.1 Å². The molecular weight excluding hydrogens is 420 g/mol. The highest BCUT2D eigenvalue weighted by Crippen LogP contribution is 2.36. The van der Waals surface area contributed by atoms with E-state index in [1.165, 1.54) is 14.0 Å². The first-order chi connectivity index (χ1) is 15.5. The average molecular weight is 444 g/mol. The summed E-state index contributed by atoms with van der Waals surface area (Å²) >= 11 is 0. The summed E-state index contributed by atoms with van der Waals surface area (Å²) in [7, 11) is 1.39. The molecule has 6 atom stereocenters. The van der Waals surface area contributed by atoms with E-state index in [0.717, 1.165) is 5.56 Å². The van der Waals surface area contributed by atoms with Crippen LogP contribution in [-0.2, 0) is 33.2 Å². The van der Waals surface area contributed by atoms with Crippen LogP contribution >= 0.6 is 0 Å². The van der Waals surface area contributed by atoms with Crippen LogP contribution in [-0.4, -0.2) is 56.5 Å². The van der Waals surface area contributed by atoms with Gasteiger partial charge in [-0.25, -0.2) is 4.79 Å². The normalized spacial score (nSPS) is 29.4. The number of hydrogen-bond acceptors (Lipinski definition) is 9. The van der Waals surface area contributed by atoms with E-state index in [0.29, 0.717) is 5.75 Å². The molecule has 4 rings (SSSR count). The van der Waals surface area contributed by atoms with E-state index in [9.17, 15) is 9.59 Å². The molecule has 0 amide bonds. The van der Waals surface area contributed by atoms with E-state index in [1.807, 2.05) is 30.3 Å². The van der Waals surface area contributed by atoms with E-state index in [-0.39, 0.29) is 6.61 Å². The van der Waals surface area contributed by atoms with Crippen LogP contribution in [0.4, 0.5) is 4.79 Å². The van der Waals surface area contributed by atoms with Gasteiger partial charge in [-0.3, -0.25) is 4.79 Å². The molecular formula is C23H24O9. The van der Waals surface area contributed by atoms with Crippen LogP contribution in [0.15, 0.2) is 60.7 Å². The standard InChI is InChI=1S/C23H24O9/c1-14(24)28-19-18-17(13-27-21(31-18)15-9-5-3-6-10-15)30-22(26-2)20(19)32-23(25)29-16-11-7-4-8-12-16/h3-12,17-22H,13H2,1-2H3/t17-,18-,19+,20-,21-,22+/m1/s1. The van der Waals surface area contributed by atoms with Gasteiger partial charge in [-0.15, -0.1) is 0 Å². The Morgan fingerprint density at radius 2 is 1.59 bits per heavy atom. The second kappa shape index (κ2) is 10.1. The molecule has 170 valence electrons. The molecule has 2 heterocycles. The lowest BCUT2D eigenvalue weighted by Gasteiger charge is -2.47. The highest BCUT2D eigenvalue weighted by atomic mass is 16.8. The van der Waals surface area contributed by atoms with E-state index in [4.69, 9.17) is 33.2 Å². The highest BCUT2D eigenvalue weighted by molar-refractivity contribution is 5.67. The fourth-order valence-corrected chi connectivity index (χ4v) is 3.69. The van der Waals surface area contributed by atoms with Gasteiger partial charge in [-0.1, -0.05) is 48.5 Å². The summed E-state index contributed by atoms with van der Waals surface area (Å²) in [5.74, 6) is -0.265. The fourth-order valence-electron chi connectivity index (χ4n) is 3.69. The Bertz CT molecular complexity index is 904. The first-order valence-electron chi connectivity index (χ1n) is 10.2. The molecule has 0 radical (unpaired) electrons. The summed E-state index contributed by atoms with van der Waals surface area (Å²) < 4.78 is 39.4. The minimum absolute atomic E-state index is 0.170. The lowest BCUT2D eigenvalue weighted by atomic mass is 9.97. The molecule has 32 heavy (non-hydrogen) atoms. The highest BCUT2D eigenvalue weighted by Gasteiger charge is 2.54. The molecule has 2 aliphatic heterocycles. The molecule has 0 aromatic heterocycles. The summed E-state index contributed by atoms with van der Waals surface area (Å²) in [4.78, 5) is 24.4. The monoisotopic (exact) mass is 444 g/mol. The summed E-state index contributed by atoms with van der Waals surface area (Å²) in [5.41, 5.74) is 0.794. The zero-order valence-electron chi connectivity index (χ0n) is 17.6. The third-order valence-electron chi connectivity index (χ3n) is 5.07. The van der Waals surface area contributed by atoms with Gasteiger partial charge in [0, 0.05) is 19.6 Å². The first kappa shape index (κ1) is 22.2. The predicted molar refractivity (Wildman–Crippen MR) is 109 cm³/mol. The molecule has 2 fully saturated rings. The van der Waals surface area contributed by atoms with E-state index >= 15 is 0 Å². The maximum Gasteiger partial charge on any atom is 0.514 e. The Kier molecular flexibility index (Phi) is 7.01. The van der Waals surface area contributed by atoms with Crippen molar-refractivity contribution in [1.82, 2.24) is 0 Å². The summed E-state index contributed by atoms with van der Waals surface area (Å²) in [5, 5.41) is 0. The van der Waals surface area contributed by atoms with Crippen LogP contribution in [0.3, 0.4) is 0 Å². The summed E-state index contributed by atoms with van der Waals surface area (Å²) in [6.07, 6.45) is -6.22. The molecule has 0 saturated carbocycles. The van der Waals surface area contributed by atoms with Gasteiger partial charge in [0.1, 0.15) is 18.0 Å². The Hall–Kier alpha value is -2.98. The third-order valence-corrected chi connectivity index (χ3v) is 5.07. The quantitative estimate of drug-likeness (QED) is 0.509. The second-order valence-electron chi connectivity index (χ2n) is 7.28. The smallest absolute Gasteiger partial charge is 0.455 e. The van der Waals surface area contributed by atoms with Gasteiger partial charge in [0.05, 0.1) is 6.61 Å². The van der Waals surface area contributed by atoms with Crippen molar-refractivity contribution in [2.75, 3.05) is 13.7 Å². The number of carbonyl (C=O) groups is 2. The molecule has 0 N–H and O–H groups in total. The van der Waals surface area contributed by atoms with Gasteiger partial charge in [-0.2, -0.15) is 0 Å². The Labute approximate surface area is 185 Å². The molecule has 0 unspecified atom stereocenters. The number of para-hydroxylation sites is 1. The van der Waals surface area contributed by atoms with Crippen LogP contribution in [0.2, 0.25) is 0 Å². The molecule has 2 aliphatic rings. The van der Waals surface area contributed by atoms with Crippen LogP contribution in [0.1, 0.15) is 18.8 Å². The van der Waals surface area contributed by atoms with Gasteiger partial charge in [0.25, 0.3) is 0 Å². The van der Waals surface area contributed by atoms with E-state index in [1.54, 1.807) is 30.3 Å². The topological polar surface area (TPSA) is 98.8 Å². The number of esters is 1. The van der Waals surface area contributed by atoms with Crippen molar-refractivity contribution in [1.29, 1.82) is 0 Å². The van der Waals surface area contributed by atoms with Crippen LogP contribution in [0, 0.1) is 0 Å². The Balaban J connectivity index is 1.55. The molecule has 9 nitrogen and oxygen atoms in total. The third kappa shape index (κ3) is 5.08. The van der Waals surface area contributed by atoms with Crippen molar-refractivity contribution in [3.63, 3.8) is 0 Å². The minimum atomic E-state index is -1.13.